The molecule has 23 heavy (non-hydrogen) atoms. The Morgan fingerprint density at radius 2 is 1.83 bits per heavy atom. The number of amides is 2. The molecule has 7 nitrogen and oxygen atoms in total. The fourth-order valence-corrected chi connectivity index (χ4v) is 3.04. The van der Waals surface area contributed by atoms with Crippen molar-refractivity contribution in [1.29, 1.82) is 0 Å². The molecule has 0 saturated carbocycles. The molecule has 0 fully saturated rings. The van der Waals surface area contributed by atoms with Crippen LogP contribution in [0.5, 0.6) is 0 Å². The molecule has 2 rings (SSSR count). The van der Waals surface area contributed by atoms with Crippen molar-refractivity contribution in [3.63, 3.8) is 0 Å². The summed E-state index contributed by atoms with van der Waals surface area (Å²) in [6, 6.07) is 7.45. The molecule has 0 saturated heterocycles. The third kappa shape index (κ3) is 4.56. The molecule has 0 unspecified atom stereocenters. The van der Waals surface area contributed by atoms with Crippen LogP contribution in [-0.2, 0) is 16.6 Å². The number of sulfonamides is 1. The van der Waals surface area contributed by atoms with Crippen LogP contribution < -0.4 is 10.0 Å². The Morgan fingerprint density at radius 1 is 1.17 bits per heavy atom. The second-order valence-corrected chi connectivity index (χ2v) is 7.01. The predicted octanol–water partition coefficient (Wildman–Crippen LogP) is 1.50. The molecule has 124 valence electrons. The summed E-state index contributed by atoms with van der Waals surface area (Å²) in [7, 11) is -3.86. The smallest absolute Gasteiger partial charge is 0.328 e. The highest BCUT2D eigenvalue weighted by atomic mass is 32.2. The normalized spacial score (nSPS) is 11.3. The summed E-state index contributed by atoms with van der Waals surface area (Å²) in [5.74, 6) is 0. The highest BCUT2D eigenvalue weighted by Gasteiger charge is 2.16. The number of carbonyl (C=O) groups excluding carboxylic acids is 1. The lowest BCUT2D eigenvalue weighted by Crippen LogP contribution is -2.40. The van der Waals surface area contributed by atoms with Gasteiger partial charge in [-0.2, -0.15) is 5.10 Å². The molecule has 8 heteroatoms. The molecule has 0 bridgehead atoms. The van der Waals surface area contributed by atoms with Crippen molar-refractivity contribution in [2.45, 2.75) is 32.2 Å². The monoisotopic (exact) mass is 336 g/mol. The predicted molar refractivity (Wildman–Crippen MR) is 86.6 cm³/mol. The molecule has 0 aliphatic carbocycles. The van der Waals surface area contributed by atoms with Gasteiger partial charge in [-0.1, -0.05) is 17.7 Å². The minimum absolute atomic E-state index is 0.0526. The summed E-state index contributed by atoms with van der Waals surface area (Å²) in [4.78, 5) is 11.8. The highest BCUT2D eigenvalue weighted by Crippen LogP contribution is 2.09. The van der Waals surface area contributed by atoms with Crippen LogP contribution in [0.25, 0.3) is 0 Å². The van der Waals surface area contributed by atoms with Gasteiger partial charge in [0.2, 0.25) is 0 Å². The van der Waals surface area contributed by atoms with Gasteiger partial charge in [-0.15, -0.1) is 0 Å². The van der Waals surface area contributed by atoms with Gasteiger partial charge in [0.15, 0.2) is 0 Å². The molecule has 2 amide bonds. The third-order valence-corrected chi connectivity index (χ3v) is 4.62. The quantitative estimate of drug-likeness (QED) is 0.865. The highest BCUT2D eigenvalue weighted by molar-refractivity contribution is 7.90. The molecule has 2 N–H and O–H groups in total. The SMILES string of the molecule is Cc1ccc(S(=O)(=O)NC(=O)NCCn2nc(C)cc2C)cc1. The molecule has 2 aromatic rings. The molecular weight excluding hydrogens is 316 g/mol. The summed E-state index contributed by atoms with van der Waals surface area (Å²) >= 11 is 0. The largest absolute Gasteiger partial charge is 0.335 e. The molecule has 0 aliphatic rings. The number of benzene rings is 1. The number of hydrogen-bond donors (Lipinski definition) is 2. The number of carbonyl (C=O) groups is 1. The number of rotatable bonds is 5. The minimum Gasteiger partial charge on any atom is -0.335 e. The van der Waals surface area contributed by atoms with Crippen molar-refractivity contribution >= 4 is 16.1 Å². The van der Waals surface area contributed by atoms with Crippen LogP contribution in [0.1, 0.15) is 17.0 Å². The molecule has 1 aromatic carbocycles. The van der Waals surface area contributed by atoms with E-state index in [2.05, 4.69) is 10.4 Å². The molecular formula is C15H20N4O3S. The van der Waals surface area contributed by atoms with E-state index < -0.39 is 16.1 Å². The molecule has 0 aliphatic heterocycles. The van der Waals surface area contributed by atoms with Gasteiger partial charge in [-0.05, 0) is 39.0 Å². The van der Waals surface area contributed by atoms with Crippen molar-refractivity contribution in [3.8, 4) is 0 Å². The fraction of sp³-hybridized carbons (Fsp3) is 0.333. The van der Waals surface area contributed by atoms with Gasteiger partial charge in [-0.25, -0.2) is 17.9 Å². The Hall–Kier alpha value is -2.35. The zero-order chi connectivity index (χ0) is 17.0. The maximum atomic E-state index is 12.1. The van der Waals surface area contributed by atoms with Gasteiger partial charge in [0.05, 0.1) is 17.1 Å². The summed E-state index contributed by atoms with van der Waals surface area (Å²) < 4.78 is 27.9. The molecule has 1 aromatic heterocycles. The van der Waals surface area contributed by atoms with E-state index in [9.17, 15) is 13.2 Å². The van der Waals surface area contributed by atoms with Crippen LogP contribution in [0.3, 0.4) is 0 Å². The van der Waals surface area contributed by atoms with Crippen LogP contribution in [0.4, 0.5) is 4.79 Å². The lowest BCUT2D eigenvalue weighted by atomic mass is 10.2. The molecule has 0 spiro atoms. The van der Waals surface area contributed by atoms with E-state index in [1.165, 1.54) is 12.1 Å². The maximum Gasteiger partial charge on any atom is 0.328 e. The van der Waals surface area contributed by atoms with Crippen molar-refractivity contribution in [2.75, 3.05) is 6.54 Å². The second kappa shape index (κ2) is 6.82. The number of urea groups is 1. The van der Waals surface area contributed by atoms with Gasteiger partial charge in [0.1, 0.15) is 0 Å². The molecule has 0 atom stereocenters. The van der Waals surface area contributed by atoms with E-state index in [-0.39, 0.29) is 11.4 Å². The first-order chi connectivity index (χ1) is 10.8. The fourth-order valence-electron chi connectivity index (χ4n) is 2.11. The first-order valence-electron chi connectivity index (χ1n) is 7.16. The zero-order valence-electron chi connectivity index (χ0n) is 13.3. The summed E-state index contributed by atoms with van der Waals surface area (Å²) in [6.45, 7) is 6.41. The summed E-state index contributed by atoms with van der Waals surface area (Å²) in [6.07, 6.45) is 0. The van der Waals surface area contributed by atoms with Gasteiger partial charge in [0, 0.05) is 12.2 Å². The number of hydrogen-bond acceptors (Lipinski definition) is 4. The van der Waals surface area contributed by atoms with E-state index in [4.69, 9.17) is 0 Å². The number of nitrogens with one attached hydrogen (secondary N) is 2. The van der Waals surface area contributed by atoms with Gasteiger partial charge >= 0.3 is 6.03 Å². The minimum atomic E-state index is -3.86. The van der Waals surface area contributed by atoms with Gasteiger partial charge in [0.25, 0.3) is 10.0 Å². The molecule has 0 radical (unpaired) electrons. The topological polar surface area (TPSA) is 93.1 Å². The lowest BCUT2D eigenvalue weighted by Gasteiger charge is -2.09. The van der Waals surface area contributed by atoms with E-state index in [1.54, 1.807) is 16.8 Å². The average Bonchev–Trinajstić information content (AvgIpc) is 2.77. The van der Waals surface area contributed by atoms with Crippen LogP contribution in [0.15, 0.2) is 35.2 Å². The maximum absolute atomic E-state index is 12.1. The summed E-state index contributed by atoms with van der Waals surface area (Å²) in [5.41, 5.74) is 2.82. The first-order valence-corrected chi connectivity index (χ1v) is 8.64. The Bertz CT molecular complexity index is 795. The van der Waals surface area contributed by atoms with Crippen molar-refractivity contribution in [1.82, 2.24) is 19.8 Å². The first kappa shape index (κ1) is 17.0. The van der Waals surface area contributed by atoms with Crippen LogP contribution in [0.2, 0.25) is 0 Å². The molecule has 1 heterocycles. The van der Waals surface area contributed by atoms with E-state index in [0.717, 1.165) is 17.0 Å². The van der Waals surface area contributed by atoms with E-state index in [1.807, 2.05) is 31.6 Å². The third-order valence-electron chi connectivity index (χ3n) is 3.27. The van der Waals surface area contributed by atoms with Crippen LogP contribution in [-0.4, -0.2) is 30.8 Å². The number of nitrogens with zero attached hydrogens (tertiary/aromatic N) is 2. The van der Waals surface area contributed by atoms with Crippen molar-refractivity contribution in [2.24, 2.45) is 0 Å². The van der Waals surface area contributed by atoms with E-state index in [0.29, 0.717) is 6.54 Å². The Morgan fingerprint density at radius 3 is 2.39 bits per heavy atom. The summed E-state index contributed by atoms with van der Waals surface area (Å²) in [5, 5.41) is 6.78. The van der Waals surface area contributed by atoms with Crippen molar-refractivity contribution in [3.05, 3.63) is 47.3 Å². The number of aryl methyl sites for hydroxylation is 3. The van der Waals surface area contributed by atoms with E-state index >= 15 is 0 Å². The van der Waals surface area contributed by atoms with Crippen LogP contribution >= 0.6 is 0 Å². The lowest BCUT2D eigenvalue weighted by molar-refractivity contribution is 0.245. The average molecular weight is 336 g/mol. The Kier molecular flexibility index (Phi) is 5.05. The van der Waals surface area contributed by atoms with Gasteiger partial charge in [-0.3, -0.25) is 4.68 Å². The van der Waals surface area contributed by atoms with Crippen molar-refractivity contribution < 1.29 is 13.2 Å². The Balaban J connectivity index is 1.89. The standard InChI is InChI=1S/C15H20N4O3S/c1-11-4-6-14(7-5-11)23(21,22)18-15(20)16-8-9-19-13(3)10-12(2)17-19/h4-7,10H,8-9H2,1-3H3,(H2,16,18,20). The zero-order valence-corrected chi connectivity index (χ0v) is 14.1. The van der Waals surface area contributed by atoms with Gasteiger partial charge < -0.3 is 5.32 Å². The Labute approximate surface area is 135 Å². The second-order valence-electron chi connectivity index (χ2n) is 5.32. The number of aromatic nitrogens is 2. The van der Waals surface area contributed by atoms with Crippen LogP contribution in [0, 0.1) is 20.8 Å².